The van der Waals surface area contributed by atoms with E-state index in [0.717, 1.165) is 34.0 Å². The fraction of sp³-hybridized carbons (Fsp3) is 0.161. The fourth-order valence-corrected chi connectivity index (χ4v) is 5.39. The first kappa shape index (κ1) is 23.6. The van der Waals surface area contributed by atoms with Gasteiger partial charge in [0.05, 0.1) is 22.5 Å². The van der Waals surface area contributed by atoms with Gasteiger partial charge < -0.3 is 4.98 Å². The van der Waals surface area contributed by atoms with Crippen LogP contribution in [-0.4, -0.2) is 40.5 Å². The molecule has 0 saturated heterocycles. The minimum atomic E-state index is -1.01. The zero-order valence-corrected chi connectivity index (χ0v) is 21.4. The number of benzene rings is 3. The molecule has 0 spiro atoms. The molecule has 0 radical (unpaired) electrons. The van der Waals surface area contributed by atoms with Crippen LogP contribution in [0.5, 0.6) is 0 Å². The molecule has 6 rings (SSSR count). The Hall–Kier alpha value is -4.78. The molecule has 3 amide bonds. The van der Waals surface area contributed by atoms with E-state index in [2.05, 4.69) is 17.0 Å². The van der Waals surface area contributed by atoms with E-state index in [4.69, 9.17) is 0 Å². The predicted molar refractivity (Wildman–Crippen MR) is 148 cm³/mol. The van der Waals surface area contributed by atoms with Crippen LogP contribution in [0.2, 0.25) is 0 Å². The number of H-pyrrole nitrogens is 1. The Kier molecular flexibility index (Phi) is 5.56. The van der Waals surface area contributed by atoms with E-state index in [1.54, 1.807) is 25.4 Å². The molecular weight excluding hydrogens is 476 g/mol. The average Bonchev–Trinajstić information content (AvgIpc) is 3.56. The molecule has 2 aliphatic rings. The van der Waals surface area contributed by atoms with Crippen LogP contribution in [0, 0.1) is 12.8 Å². The third kappa shape index (κ3) is 3.50. The lowest BCUT2D eigenvalue weighted by atomic mass is 9.85. The molecule has 2 aliphatic heterocycles. The number of fused-ring (bicyclic) bond motifs is 1. The number of para-hydroxylation sites is 1. The summed E-state index contributed by atoms with van der Waals surface area (Å²) in [6.07, 6.45) is 2.58. The van der Waals surface area contributed by atoms with E-state index in [0.29, 0.717) is 17.0 Å². The number of carbonyl (C=O) groups excluding carboxylic acids is 3. The number of anilines is 1. The summed E-state index contributed by atoms with van der Waals surface area (Å²) < 4.78 is 0. The highest BCUT2D eigenvalue weighted by molar-refractivity contribution is 6.48. The van der Waals surface area contributed by atoms with Crippen molar-refractivity contribution in [3.63, 3.8) is 0 Å². The SMILES string of the molecule is CCc1cccc2c(C3=C([C@H]4C(=O)N(C)N=C4c4ccccc4)C(=O)N(c4ccc(C)cc4)C3=O)c[nH]c12. The largest absolute Gasteiger partial charge is 0.360 e. The Morgan fingerprint density at radius 3 is 2.34 bits per heavy atom. The molecule has 4 aromatic rings. The minimum absolute atomic E-state index is 0.148. The van der Waals surface area contributed by atoms with Crippen molar-refractivity contribution in [1.29, 1.82) is 0 Å². The van der Waals surface area contributed by atoms with E-state index < -0.39 is 17.7 Å². The summed E-state index contributed by atoms with van der Waals surface area (Å²) in [6, 6.07) is 22.5. The maximum atomic E-state index is 14.2. The van der Waals surface area contributed by atoms with Gasteiger partial charge in [0, 0.05) is 29.7 Å². The molecule has 188 valence electrons. The lowest BCUT2D eigenvalue weighted by Gasteiger charge is -2.17. The van der Waals surface area contributed by atoms with Gasteiger partial charge in [-0.05, 0) is 36.6 Å². The minimum Gasteiger partial charge on any atom is -0.360 e. The standard InChI is InChI=1S/C31H26N4O3/c1-4-19-11-8-12-22-23(17-32-27(19)22)24-25(31(38)35(30(24)37)21-15-13-18(2)14-16-21)26-28(33-34(3)29(26)36)20-9-6-5-7-10-20/h5-17,26,32H,4H2,1-3H3/t26-/m1/s1. The van der Waals surface area contributed by atoms with Gasteiger partial charge in [0.1, 0.15) is 5.92 Å². The topological polar surface area (TPSA) is 85.8 Å². The second-order valence-electron chi connectivity index (χ2n) is 9.61. The van der Waals surface area contributed by atoms with Crippen LogP contribution in [-0.2, 0) is 20.8 Å². The van der Waals surface area contributed by atoms with Crippen molar-refractivity contribution in [2.75, 3.05) is 11.9 Å². The number of hydrogen-bond acceptors (Lipinski definition) is 4. The summed E-state index contributed by atoms with van der Waals surface area (Å²) in [7, 11) is 1.57. The summed E-state index contributed by atoms with van der Waals surface area (Å²) in [5, 5.41) is 6.61. The monoisotopic (exact) mass is 502 g/mol. The van der Waals surface area contributed by atoms with Crippen LogP contribution in [0.3, 0.4) is 0 Å². The van der Waals surface area contributed by atoms with E-state index >= 15 is 0 Å². The van der Waals surface area contributed by atoms with E-state index in [9.17, 15) is 14.4 Å². The number of aryl methyl sites for hydroxylation is 2. The Labute approximate surface area is 220 Å². The van der Waals surface area contributed by atoms with Gasteiger partial charge in [-0.15, -0.1) is 0 Å². The van der Waals surface area contributed by atoms with Crippen LogP contribution >= 0.6 is 0 Å². The normalized spacial score (nSPS) is 17.8. The first-order valence-electron chi connectivity index (χ1n) is 12.6. The van der Waals surface area contributed by atoms with Crippen LogP contribution in [0.1, 0.15) is 29.2 Å². The number of amides is 3. The Morgan fingerprint density at radius 2 is 1.63 bits per heavy atom. The first-order valence-corrected chi connectivity index (χ1v) is 12.6. The molecule has 7 heteroatoms. The highest BCUT2D eigenvalue weighted by Crippen LogP contribution is 2.42. The van der Waals surface area contributed by atoms with Crippen molar-refractivity contribution in [1.82, 2.24) is 9.99 Å². The van der Waals surface area contributed by atoms with Crippen LogP contribution < -0.4 is 4.90 Å². The lowest BCUT2D eigenvalue weighted by molar-refractivity contribution is -0.130. The second kappa shape index (κ2) is 8.95. The molecule has 3 aromatic carbocycles. The zero-order chi connectivity index (χ0) is 26.6. The number of carbonyl (C=O) groups is 3. The molecule has 0 saturated carbocycles. The molecular formula is C31H26N4O3. The number of aromatic amines is 1. The maximum Gasteiger partial charge on any atom is 0.266 e. The van der Waals surface area contributed by atoms with Gasteiger partial charge in [0.2, 0.25) is 0 Å². The van der Waals surface area contributed by atoms with Gasteiger partial charge >= 0.3 is 0 Å². The molecule has 1 atom stereocenters. The van der Waals surface area contributed by atoms with Gasteiger partial charge in [-0.3, -0.25) is 14.4 Å². The highest BCUT2D eigenvalue weighted by atomic mass is 16.2. The predicted octanol–water partition coefficient (Wildman–Crippen LogP) is 4.86. The summed E-state index contributed by atoms with van der Waals surface area (Å²) in [6.45, 7) is 4.01. The lowest BCUT2D eigenvalue weighted by Crippen LogP contribution is -2.35. The van der Waals surface area contributed by atoms with Gasteiger partial charge in [-0.2, -0.15) is 5.10 Å². The molecule has 0 fully saturated rings. The molecule has 0 aliphatic carbocycles. The number of rotatable bonds is 5. The van der Waals surface area contributed by atoms with Crippen LogP contribution in [0.4, 0.5) is 5.69 Å². The van der Waals surface area contributed by atoms with Crippen molar-refractivity contribution in [3.05, 3.63) is 107 Å². The van der Waals surface area contributed by atoms with Gasteiger partial charge in [0.25, 0.3) is 17.7 Å². The zero-order valence-electron chi connectivity index (χ0n) is 21.4. The first-order chi connectivity index (χ1) is 18.4. The average molecular weight is 503 g/mol. The summed E-state index contributed by atoms with van der Waals surface area (Å²) in [5.41, 5.74) is 5.65. The molecule has 1 N–H and O–H groups in total. The number of hydrogen-bond donors (Lipinski definition) is 1. The third-order valence-corrected chi connectivity index (χ3v) is 7.32. The summed E-state index contributed by atoms with van der Waals surface area (Å²) in [4.78, 5) is 46.4. The van der Waals surface area contributed by atoms with Crippen molar-refractivity contribution < 1.29 is 14.4 Å². The highest BCUT2D eigenvalue weighted by Gasteiger charge is 2.50. The number of imide groups is 1. The number of hydrazone groups is 1. The van der Waals surface area contributed by atoms with Gasteiger partial charge in [0.15, 0.2) is 0 Å². The van der Waals surface area contributed by atoms with E-state index in [1.807, 2.05) is 67.6 Å². The number of nitrogens with zero attached hydrogens (tertiary/aromatic N) is 3. The van der Waals surface area contributed by atoms with Crippen LogP contribution in [0.15, 0.2) is 89.7 Å². The molecule has 1 aromatic heterocycles. The maximum absolute atomic E-state index is 14.2. The molecule has 3 heterocycles. The second-order valence-corrected chi connectivity index (χ2v) is 9.61. The molecule has 0 unspecified atom stereocenters. The van der Waals surface area contributed by atoms with Gasteiger partial charge in [-0.25, -0.2) is 9.91 Å². The van der Waals surface area contributed by atoms with E-state index in [-0.39, 0.29) is 17.1 Å². The summed E-state index contributed by atoms with van der Waals surface area (Å²) in [5.74, 6) is -2.32. The Morgan fingerprint density at radius 1 is 0.895 bits per heavy atom. The summed E-state index contributed by atoms with van der Waals surface area (Å²) >= 11 is 0. The molecule has 38 heavy (non-hydrogen) atoms. The number of nitrogens with one attached hydrogen (secondary N) is 1. The number of aromatic nitrogens is 1. The van der Waals surface area contributed by atoms with Crippen molar-refractivity contribution in [2.24, 2.45) is 11.0 Å². The fourth-order valence-electron chi connectivity index (χ4n) is 5.39. The van der Waals surface area contributed by atoms with Gasteiger partial charge in [-0.1, -0.05) is 73.2 Å². The van der Waals surface area contributed by atoms with Crippen LogP contribution in [0.25, 0.3) is 16.5 Å². The Balaban J connectivity index is 1.61. The Bertz CT molecular complexity index is 1680. The third-order valence-electron chi connectivity index (χ3n) is 7.32. The quantitative estimate of drug-likeness (QED) is 0.396. The van der Waals surface area contributed by atoms with Crippen molar-refractivity contribution in [2.45, 2.75) is 20.3 Å². The van der Waals surface area contributed by atoms with E-state index in [1.165, 1.54) is 9.91 Å². The smallest absolute Gasteiger partial charge is 0.266 e. The van der Waals surface area contributed by atoms with Crippen molar-refractivity contribution >= 4 is 45.6 Å². The van der Waals surface area contributed by atoms with Crippen molar-refractivity contribution in [3.8, 4) is 0 Å². The molecule has 7 nitrogen and oxygen atoms in total. The molecule has 0 bridgehead atoms.